The van der Waals surface area contributed by atoms with Crippen LogP contribution in [-0.4, -0.2) is 65.4 Å². The molecule has 0 unspecified atom stereocenters. The third-order valence-electron chi connectivity index (χ3n) is 7.84. The summed E-state index contributed by atoms with van der Waals surface area (Å²) in [5.41, 5.74) is -2.43. The van der Waals surface area contributed by atoms with Gasteiger partial charge < -0.3 is 29.9 Å². The first-order chi connectivity index (χ1) is 19.5. The van der Waals surface area contributed by atoms with Crippen molar-refractivity contribution in [1.29, 1.82) is 0 Å². The Kier molecular flexibility index (Phi) is 9.59. The summed E-state index contributed by atoms with van der Waals surface area (Å²) in [7, 11) is 1.22. The summed E-state index contributed by atoms with van der Waals surface area (Å²) >= 11 is 0. The Morgan fingerprint density at radius 3 is 1.93 bits per heavy atom. The van der Waals surface area contributed by atoms with Gasteiger partial charge in [0.05, 0.1) is 12.7 Å². The van der Waals surface area contributed by atoms with Crippen LogP contribution < -0.4 is 5.32 Å². The normalized spacial score (nSPS) is 14.7. The molecule has 0 aromatic heterocycles. The molecule has 228 valence electrons. The number of piperidine rings is 1. The molecule has 42 heavy (non-hydrogen) atoms. The molecule has 1 saturated heterocycles. The number of hydrogen-bond donors (Lipinski definition) is 3. The van der Waals surface area contributed by atoms with E-state index < -0.39 is 40.2 Å². The van der Waals surface area contributed by atoms with Gasteiger partial charge in [0.25, 0.3) is 0 Å². The third-order valence-corrected chi connectivity index (χ3v) is 7.84. The molecular weight excluding hydrogens is 540 g/mol. The van der Waals surface area contributed by atoms with Crippen molar-refractivity contribution in [3.05, 3.63) is 64.7 Å². The zero-order valence-electron chi connectivity index (χ0n) is 25.4. The van der Waals surface area contributed by atoms with Crippen LogP contribution in [0.3, 0.4) is 0 Å². The van der Waals surface area contributed by atoms with Gasteiger partial charge in [0.15, 0.2) is 5.41 Å². The van der Waals surface area contributed by atoms with E-state index in [4.69, 9.17) is 9.47 Å². The predicted molar refractivity (Wildman–Crippen MR) is 158 cm³/mol. The predicted octanol–water partition coefficient (Wildman–Crippen LogP) is 5.44. The number of nitrogens with zero attached hydrogens (tertiary/aromatic N) is 1. The lowest BCUT2D eigenvalue weighted by Crippen LogP contribution is -2.54. The first-order valence-corrected chi connectivity index (χ1v) is 14.0. The number of carbonyl (C=O) groups is 4. The summed E-state index contributed by atoms with van der Waals surface area (Å²) in [6, 6.07) is 12.2. The van der Waals surface area contributed by atoms with Crippen molar-refractivity contribution in [2.24, 2.45) is 5.41 Å². The molecule has 10 heteroatoms. The fourth-order valence-corrected chi connectivity index (χ4v) is 5.51. The van der Waals surface area contributed by atoms with Crippen LogP contribution in [0.15, 0.2) is 42.5 Å². The molecule has 0 bridgehead atoms. The second-order valence-corrected chi connectivity index (χ2v) is 12.7. The van der Waals surface area contributed by atoms with E-state index in [1.807, 2.05) is 51.1 Å². The zero-order valence-corrected chi connectivity index (χ0v) is 25.4. The molecule has 1 aliphatic heterocycles. The van der Waals surface area contributed by atoms with Crippen LogP contribution in [0.4, 0.5) is 10.5 Å². The average molecular weight is 583 g/mol. The van der Waals surface area contributed by atoms with Gasteiger partial charge in [-0.2, -0.15) is 0 Å². The van der Waals surface area contributed by atoms with Crippen molar-refractivity contribution in [3.63, 3.8) is 0 Å². The van der Waals surface area contributed by atoms with Crippen molar-refractivity contribution in [2.45, 2.75) is 77.9 Å². The topological polar surface area (TPSA) is 142 Å². The first kappa shape index (κ1) is 32.4. The number of carbonyl (C=O) groups excluding carboxylic acids is 2. The van der Waals surface area contributed by atoms with Crippen molar-refractivity contribution in [3.8, 4) is 0 Å². The number of amides is 1. The van der Waals surface area contributed by atoms with Crippen molar-refractivity contribution in [2.75, 3.05) is 25.5 Å². The number of nitrogens with one attached hydrogen (secondary N) is 1. The quantitative estimate of drug-likeness (QED) is 0.274. The monoisotopic (exact) mass is 582 g/mol. The van der Waals surface area contributed by atoms with E-state index in [9.17, 15) is 29.4 Å². The Labute approximate surface area is 247 Å². The Balaban J connectivity index is 2.01. The number of anilines is 1. The molecule has 10 nitrogen and oxygen atoms in total. The fraction of sp³-hybridized carbons (Fsp3) is 0.500. The van der Waals surface area contributed by atoms with Crippen LogP contribution in [0.2, 0.25) is 0 Å². The number of rotatable bonds is 8. The molecule has 3 rings (SSSR count). The van der Waals surface area contributed by atoms with Crippen LogP contribution in [0.5, 0.6) is 0 Å². The summed E-state index contributed by atoms with van der Waals surface area (Å²) in [5.74, 6) is -3.78. The van der Waals surface area contributed by atoms with E-state index >= 15 is 0 Å². The molecule has 1 aliphatic rings. The largest absolute Gasteiger partial charge is 0.480 e. The molecule has 2 aromatic rings. The molecule has 0 saturated carbocycles. The lowest BCUT2D eigenvalue weighted by atomic mass is 9.61. The molecule has 2 aromatic carbocycles. The average Bonchev–Trinajstić information content (AvgIpc) is 2.91. The highest BCUT2D eigenvalue weighted by Gasteiger charge is 2.59. The van der Waals surface area contributed by atoms with E-state index in [0.717, 1.165) is 5.56 Å². The first-order valence-electron chi connectivity index (χ1n) is 14.0. The zero-order chi connectivity index (χ0) is 31.5. The highest BCUT2D eigenvalue weighted by atomic mass is 16.6. The summed E-state index contributed by atoms with van der Waals surface area (Å²) in [5, 5.41) is 24.5. The van der Waals surface area contributed by atoms with Crippen molar-refractivity contribution < 1.29 is 38.9 Å². The van der Waals surface area contributed by atoms with Crippen molar-refractivity contribution >= 4 is 29.7 Å². The van der Waals surface area contributed by atoms with Gasteiger partial charge in [0.2, 0.25) is 0 Å². The molecule has 1 amide bonds. The second kappa shape index (κ2) is 12.4. The smallest absolute Gasteiger partial charge is 0.410 e. The summed E-state index contributed by atoms with van der Waals surface area (Å²) in [4.78, 5) is 53.0. The third kappa shape index (κ3) is 6.53. The molecule has 3 N–H and O–H groups in total. The SMILES string of the molecule is COC(=O)c1cc(C(C)(C)C)c(NC2CCN(C(=O)OCc3ccccc3)CC2)c(C(C(=O)O)(C(=O)O)C(C)(C)C)c1. The molecular formula is C32H42N2O8. The summed E-state index contributed by atoms with van der Waals surface area (Å²) in [6.07, 6.45) is 0.620. The van der Waals surface area contributed by atoms with Crippen LogP contribution >= 0.6 is 0 Å². The molecule has 0 aliphatic carbocycles. The number of carboxylic acids is 2. The van der Waals surface area contributed by atoms with Gasteiger partial charge in [-0.05, 0) is 46.9 Å². The lowest BCUT2D eigenvalue weighted by molar-refractivity contribution is -0.164. The number of carboxylic acid groups (broad SMARTS) is 2. The minimum absolute atomic E-state index is 0.0208. The lowest BCUT2D eigenvalue weighted by Gasteiger charge is -2.41. The Morgan fingerprint density at radius 2 is 1.45 bits per heavy atom. The summed E-state index contributed by atoms with van der Waals surface area (Å²) < 4.78 is 10.4. The van der Waals surface area contributed by atoms with Gasteiger partial charge in [-0.1, -0.05) is 71.9 Å². The standard InChI is InChI=1S/C32H42N2O8/c1-30(2,3)23-17-21(26(35)41-7)18-24(32(27(36)37,28(38)39)31(4,5)6)25(23)33-22-13-15-34(16-14-22)29(40)42-19-20-11-9-8-10-12-20/h8-12,17-18,22,33H,13-16,19H2,1-7H3,(H,36,37)(H,38,39). The van der Waals surface area contributed by atoms with Crippen LogP contribution in [-0.2, 0) is 36.5 Å². The molecule has 0 radical (unpaired) electrons. The van der Waals surface area contributed by atoms with E-state index in [2.05, 4.69) is 5.32 Å². The maximum atomic E-state index is 13.0. The Morgan fingerprint density at radius 1 is 0.905 bits per heavy atom. The molecule has 1 heterocycles. The van der Waals surface area contributed by atoms with Gasteiger partial charge in [0.1, 0.15) is 6.61 Å². The van der Waals surface area contributed by atoms with Crippen LogP contribution in [0, 0.1) is 5.41 Å². The highest BCUT2D eigenvalue weighted by molar-refractivity contribution is 6.08. The Hall–Kier alpha value is -4.08. The van der Waals surface area contributed by atoms with Crippen LogP contribution in [0.25, 0.3) is 0 Å². The van der Waals surface area contributed by atoms with Crippen molar-refractivity contribution in [1.82, 2.24) is 4.90 Å². The number of methoxy groups -OCH3 is 1. The maximum Gasteiger partial charge on any atom is 0.410 e. The highest BCUT2D eigenvalue weighted by Crippen LogP contribution is 2.48. The van der Waals surface area contributed by atoms with E-state index in [0.29, 0.717) is 37.2 Å². The number of esters is 1. The van der Waals surface area contributed by atoms with Gasteiger partial charge in [-0.3, -0.25) is 9.59 Å². The maximum absolute atomic E-state index is 13.0. The second-order valence-electron chi connectivity index (χ2n) is 12.7. The summed E-state index contributed by atoms with van der Waals surface area (Å²) in [6.45, 7) is 11.3. The van der Waals surface area contributed by atoms with Gasteiger partial charge >= 0.3 is 24.0 Å². The molecule has 1 fully saturated rings. The van der Waals surface area contributed by atoms with Gasteiger partial charge in [-0.15, -0.1) is 0 Å². The Bertz CT molecular complexity index is 1300. The van der Waals surface area contributed by atoms with Crippen LogP contribution in [0.1, 0.15) is 81.4 Å². The molecule has 0 spiro atoms. The van der Waals surface area contributed by atoms with Gasteiger partial charge in [-0.25, -0.2) is 9.59 Å². The number of aliphatic carboxylic acids is 2. The van der Waals surface area contributed by atoms with E-state index in [-0.39, 0.29) is 23.8 Å². The van der Waals surface area contributed by atoms with E-state index in [1.165, 1.54) is 13.2 Å². The number of ether oxygens (including phenoxy) is 2. The van der Waals surface area contributed by atoms with Gasteiger partial charge in [0, 0.05) is 30.4 Å². The minimum atomic E-state index is -2.40. The number of hydrogen-bond acceptors (Lipinski definition) is 7. The minimum Gasteiger partial charge on any atom is -0.480 e. The molecule has 0 atom stereocenters. The fourth-order valence-electron chi connectivity index (χ4n) is 5.51. The van der Waals surface area contributed by atoms with E-state index in [1.54, 1.807) is 31.7 Å². The number of benzene rings is 2. The number of likely N-dealkylation sites (tertiary alicyclic amines) is 1.